The number of hydrogen-bond donors (Lipinski definition) is 3. The van der Waals surface area contributed by atoms with Crippen LogP contribution in [0.4, 0.5) is 17.1 Å². The molecule has 0 unspecified atom stereocenters. The Hall–Kier alpha value is -2.53. The third kappa shape index (κ3) is 4.73. The van der Waals surface area contributed by atoms with Crippen molar-refractivity contribution in [3.05, 3.63) is 53.1 Å². The van der Waals surface area contributed by atoms with E-state index in [2.05, 4.69) is 16.0 Å². The molecule has 6 heteroatoms. The Balaban J connectivity index is 1.59. The fourth-order valence-corrected chi connectivity index (χ4v) is 2.60. The van der Waals surface area contributed by atoms with Crippen LogP contribution in [-0.4, -0.2) is 18.4 Å². The van der Waals surface area contributed by atoms with Crippen LogP contribution in [-0.2, 0) is 9.59 Å². The average Bonchev–Trinajstić information content (AvgIpc) is 3.42. The molecule has 0 radical (unpaired) electrons. The third-order valence-corrected chi connectivity index (χ3v) is 4.37. The molecule has 130 valence electrons. The predicted octanol–water partition coefficient (Wildman–Crippen LogP) is 4.05. The Kier molecular flexibility index (Phi) is 5.24. The van der Waals surface area contributed by atoms with Crippen molar-refractivity contribution in [1.29, 1.82) is 0 Å². The van der Waals surface area contributed by atoms with Gasteiger partial charge in [0.05, 0.1) is 17.3 Å². The normalized spacial score (nSPS) is 13.2. The van der Waals surface area contributed by atoms with Crippen LogP contribution in [0.15, 0.2) is 42.5 Å². The van der Waals surface area contributed by atoms with Gasteiger partial charge in [0, 0.05) is 17.3 Å². The largest absolute Gasteiger partial charge is 0.376 e. The van der Waals surface area contributed by atoms with E-state index in [0.717, 1.165) is 29.8 Å². The maximum Gasteiger partial charge on any atom is 0.243 e. The van der Waals surface area contributed by atoms with Crippen LogP contribution in [0.25, 0.3) is 0 Å². The van der Waals surface area contributed by atoms with E-state index in [1.165, 1.54) is 0 Å². The highest BCUT2D eigenvalue weighted by Crippen LogP contribution is 2.30. The number of hydrogen-bond acceptors (Lipinski definition) is 3. The number of benzene rings is 2. The van der Waals surface area contributed by atoms with Crippen LogP contribution in [0.1, 0.15) is 18.4 Å². The molecule has 2 aromatic carbocycles. The lowest BCUT2D eigenvalue weighted by molar-refractivity contribution is -0.117. The lowest BCUT2D eigenvalue weighted by Crippen LogP contribution is -2.22. The zero-order chi connectivity index (χ0) is 17.8. The van der Waals surface area contributed by atoms with Gasteiger partial charge in [0.2, 0.25) is 11.8 Å². The van der Waals surface area contributed by atoms with E-state index in [0.29, 0.717) is 10.7 Å². The molecule has 0 atom stereocenters. The summed E-state index contributed by atoms with van der Waals surface area (Å²) in [7, 11) is 0. The number of carbonyl (C=O) groups is 2. The minimum atomic E-state index is -0.195. The highest BCUT2D eigenvalue weighted by atomic mass is 35.5. The highest BCUT2D eigenvalue weighted by molar-refractivity contribution is 6.33. The third-order valence-electron chi connectivity index (χ3n) is 4.04. The number of rotatable bonds is 6. The van der Waals surface area contributed by atoms with Gasteiger partial charge in [-0.2, -0.15) is 0 Å². The Morgan fingerprint density at radius 2 is 1.84 bits per heavy atom. The number of amides is 2. The van der Waals surface area contributed by atoms with Gasteiger partial charge in [-0.15, -0.1) is 0 Å². The summed E-state index contributed by atoms with van der Waals surface area (Å²) in [4.78, 5) is 24.0. The Bertz CT molecular complexity index is 803. The number of anilines is 3. The molecule has 25 heavy (non-hydrogen) atoms. The summed E-state index contributed by atoms with van der Waals surface area (Å²) in [5.74, 6) is 0.0188. The first-order valence-electron chi connectivity index (χ1n) is 8.22. The molecule has 1 aliphatic carbocycles. The summed E-state index contributed by atoms with van der Waals surface area (Å²) in [5, 5.41) is 9.28. The number of carbonyl (C=O) groups excluding carboxylic acids is 2. The minimum Gasteiger partial charge on any atom is -0.376 e. The van der Waals surface area contributed by atoms with Gasteiger partial charge in [0.25, 0.3) is 0 Å². The van der Waals surface area contributed by atoms with Crippen LogP contribution in [0.2, 0.25) is 5.02 Å². The second-order valence-electron chi connectivity index (χ2n) is 6.17. The number of halogens is 1. The molecule has 5 nitrogen and oxygen atoms in total. The van der Waals surface area contributed by atoms with Crippen molar-refractivity contribution in [2.24, 2.45) is 5.92 Å². The smallest absolute Gasteiger partial charge is 0.243 e. The van der Waals surface area contributed by atoms with Gasteiger partial charge >= 0.3 is 0 Å². The fraction of sp³-hybridized carbons (Fsp3) is 0.263. The van der Waals surface area contributed by atoms with E-state index in [1.807, 2.05) is 31.2 Å². The second kappa shape index (κ2) is 7.57. The molecule has 3 rings (SSSR count). The zero-order valence-electron chi connectivity index (χ0n) is 13.9. The Labute approximate surface area is 151 Å². The maximum absolute atomic E-state index is 12.1. The molecule has 0 heterocycles. The van der Waals surface area contributed by atoms with E-state index in [1.54, 1.807) is 18.2 Å². The van der Waals surface area contributed by atoms with Crippen LogP contribution in [0.5, 0.6) is 0 Å². The van der Waals surface area contributed by atoms with Crippen LogP contribution in [0, 0.1) is 12.8 Å². The van der Waals surface area contributed by atoms with Crippen LogP contribution >= 0.6 is 11.6 Å². The van der Waals surface area contributed by atoms with Crippen molar-refractivity contribution in [3.8, 4) is 0 Å². The lowest BCUT2D eigenvalue weighted by atomic mass is 10.1. The topological polar surface area (TPSA) is 70.2 Å². The van der Waals surface area contributed by atoms with Gasteiger partial charge < -0.3 is 16.0 Å². The van der Waals surface area contributed by atoms with Gasteiger partial charge in [-0.05, 0) is 49.6 Å². The van der Waals surface area contributed by atoms with Crippen molar-refractivity contribution in [2.75, 3.05) is 22.5 Å². The summed E-state index contributed by atoms with van der Waals surface area (Å²) < 4.78 is 0. The molecule has 1 fully saturated rings. The standard InChI is InChI=1S/C19H20ClN3O2/c1-12-6-9-14(22-19(25)13-7-8-13)10-17(12)21-11-18(24)23-16-5-3-2-4-15(16)20/h2-6,9-10,13,21H,7-8,11H2,1H3,(H,22,25)(H,23,24). The molecule has 2 amide bonds. The van der Waals surface area contributed by atoms with Gasteiger partial charge in [-0.25, -0.2) is 0 Å². The summed E-state index contributed by atoms with van der Waals surface area (Å²) in [6.07, 6.45) is 1.93. The molecule has 1 aliphatic rings. The molecule has 2 aromatic rings. The maximum atomic E-state index is 12.1. The molecular formula is C19H20ClN3O2. The molecule has 0 saturated heterocycles. The first-order chi connectivity index (χ1) is 12.0. The minimum absolute atomic E-state index is 0.0614. The van der Waals surface area contributed by atoms with E-state index >= 15 is 0 Å². The molecular weight excluding hydrogens is 338 g/mol. The van der Waals surface area contributed by atoms with Gasteiger partial charge in [0.1, 0.15) is 0 Å². The average molecular weight is 358 g/mol. The summed E-state index contributed by atoms with van der Waals surface area (Å²) in [6, 6.07) is 12.7. The number of nitrogens with one attached hydrogen (secondary N) is 3. The molecule has 0 spiro atoms. The van der Waals surface area contributed by atoms with Crippen molar-refractivity contribution in [3.63, 3.8) is 0 Å². The molecule has 3 N–H and O–H groups in total. The summed E-state index contributed by atoms with van der Waals surface area (Å²) in [6.45, 7) is 2.05. The number of aryl methyl sites for hydroxylation is 1. The number of para-hydroxylation sites is 1. The SMILES string of the molecule is Cc1ccc(NC(=O)C2CC2)cc1NCC(=O)Nc1ccccc1Cl. The van der Waals surface area contributed by atoms with Gasteiger partial charge in [0.15, 0.2) is 0 Å². The summed E-state index contributed by atoms with van der Waals surface area (Å²) >= 11 is 6.04. The molecule has 1 saturated carbocycles. The van der Waals surface area contributed by atoms with Gasteiger partial charge in [-0.1, -0.05) is 29.8 Å². The first kappa shape index (κ1) is 17.3. The summed E-state index contributed by atoms with van der Waals surface area (Å²) in [5.41, 5.74) is 3.12. The second-order valence-corrected chi connectivity index (χ2v) is 6.58. The van der Waals surface area contributed by atoms with Crippen molar-refractivity contribution in [1.82, 2.24) is 0 Å². The predicted molar refractivity (Wildman–Crippen MR) is 101 cm³/mol. The van der Waals surface area contributed by atoms with Crippen molar-refractivity contribution < 1.29 is 9.59 Å². The van der Waals surface area contributed by atoms with Crippen molar-refractivity contribution >= 4 is 40.5 Å². The van der Waals surface area contributed by atoms with E-state index in [9.17, 15) is 9.59 Å². The Morgan fingerprint density at radius 3 is 2.56 bits per heavy atom. The first-order valence-corrected chi connectivity index (χ1v) is 8.60. The quantitative estimate of drug-likeness (QED) is 0.730. The molecule has 0 bridgehead atoms. The van der Waals surface area contributed by atoms with Crippen LogP contribution in [0.3, 0.4) is 0 Å². The van der Waals surface area contributed by atoms with E-state index < -0.39 is 0 Å². The fourth-order valence-electron chi connectivity index (χ4n) is 2.41. The van der Waals surface area contributed by atoms with Gasteiger partial charge in [-0.3, -0.25) is 9.59 Å². The van der Waals surface area contributed by atoms with E-state index in [4.69, 9.17) is 11.6 Å². The Morgan fingerprint density at radius 1 is 1.08 bits per heavy atom. The van der Waals surface area contributed by atoms with Crippen LogP contribution < -0.4 is 16.0 Å². The molecule has 0 aromatic heterocycles. The monoisotopic (exact) mass is 357 g/mol. The molecule has 0 aliphatic heterocycles. The zero-order valence-corrected chi connectivity index (χ0v) is 14.7. The van der Waals surface area contributed by atoms with Crippen molar-refractivity contribution in [2.45, 2.75) is 19.8 Å². The highest BCUT2D eigenvalue weighted by Gasteiger charge is 2.29. The van der Waals surface area contributed by atoms with E-state index in [-0.39, 0.29) is 24.3 Å². The lowest BCUT2D eigenvalue weighted by Gasteiger charge is -2.13.